The van der Waals surface area contributed by atoms with E-state index in [1.54, 1.807) is 24.3 Å². The molecule has 0 amide bonds. The van der Waals surface area contributed by atoms with Crippen molar-refractivity contribution in [1.29, 1.82) is 0 Å². The van der Waals surface area contributed by atoms with Gasteiger partial charge in [-0.05, 0) is 36.8 Å². The second kappa shape index (κ2) is 5.77. The monoisotopic (exact) mass is 355 g/mol. The van der Waals surface area contributed by atoms with Crippen LogP contribution in [0.3, 0.4) is 0 Å². The van der Waals surface area contributed by atoms with Crippen molar-refractivity contribution in [3.63, 3.8) is 0 Å². The number of hydrogen-bond donors (Lipinski definition) is 0. The molecule has 0 saturated carbocycles. The fourth-order valence-corrected chi connectivity index (χ4v) is 5.90. The Balaban J connectivity index is 1.71. The Morgan fingerprint density at radius 2 is 1.87 bits per heavy atom. The number of furan rings is 1. The van der Waals surface area contributed by atoms with Crippen molar-refractivity contribution in [3.05, 3.63) is 54.0 Å². The van der Waals surface area contributed by atoms with Crippen LogP contribution in [0.5, 0.6) is 0 Å². The summed E-state index contributed by atoms with van der Waals surface area (Å²) >= 11 is 0. The van der Waals surface area contributed by atoms with Gasteiger partial charge in [0.25, 0.3) is 0 Å². The number of rotatable bonds is 5. The number of aryl methyl sites for hydroxylation is 1. The molecule has 0 aliphatic carbocycles. The highest BCUT2D eigenvalue weighted by Gasteiger charge is 2.43. The normalized spacial score (nSPS) is 17.1. The van der Waals surface area contributed by atoms with Gasteiger partial charge >= 0.3 is 0 Å². The highest BCUT2D eigenvalue weighted by Crippen LogP contribution is 2.27. The lowest BCUT2D eigenvalue weighted by Crippen LogP contribution is -2.56. The summed E-state index contributed by atoms with van der Waals surface area (Å²) in [5.74, 6) is 0.160. The fourth-order valence-electron chi connectivity index (χ4n) is 2.46. The lowest BCUT2D eigenvalue weighted by atomic mass is 10.2. The molecular formula is C15H17NO5S2. The molecule has 1 aromatic heterocycles. The maximum absolute atomic E-state index is 12.5. The van der Waals surface area contributed by atoms with Crippen molar-refractivity contribution in [3.8, 4) is 0 Å². The molecule has 0 bridgehead atoms. The van der Waals surface area contributed by atoms with Crippen LogP contribution in [0, 0.1) is 6.92 Å². The first-order valence-corrected chi connectivity index (χ1v) is 10.3. The lowest BCUT2D eigenvalue weighted by molar-refractivity contribution is 0.309. The minimum atomic E-state index is -3.63. The SMILES string of the molecule is Cc1cccc(S(=O)(=O)N2CC(S(=O)(=O)Cc3ccco3)C2)c1. The topological polar surface area (TPSA) is 84.7 Å². The third kappa shape index (κ3) is 3.19. The standard InChI is InChI=1S/C15H17NO5S2/c1-12-4-2-6-14(8-12)23(19,20)16-9-15(10-16)22(17,18)11-13-5-3-7-21-13/h2-8,15H,9-11H2,1H3. The van der Waals surface area contributed by atoms with Crippen LogP contribution in [0.25, 0.3) is 0 Å². The number of hydrogen-bond acceptors (Lipinski definition) is 5. The molecule has 1 fully saturated rings. The maximum Gasteiger partial charge on any atom is 0.243 e. The van der Waals surface area contributed by atoms with Crippen molar-refractivity contribution in [2.75, 3.05) is 13.1 Å². The van der Waals surface area contributed by atoms with Crippen LogP contribution in [-0.4, -0.2) is 39.5 Å². The van der Waals surface area contributed by atoms with Crippen molar-refractivity contribution < 1.29 is 21.3 Å². The number of nitrogens with zero attached hydrogens (tertiary/aromatic N) is 1. The molecule has 0 spiro atoms. The van der Waals surface area contributed by atoms with Gasteiger partial charge in [-0.3, -0.25) is 0 Å². The third-order valence-electron chi connectivity index (χ3n) is 3.87. The zero-order valence-corrected chi connectivity index (χ0v) is 14.2. The van der Waals surface area contributed by atoms with Crippen LogP contribution in [-0.2, 0) is 25.6 Å². The van der Waals surface area contributed by atoms with Crippen molar-refractivity contribution in [2.45, 2.75) is 22.8 Å². The summed E-state index contributed by atoms with van der Waals surface area (Å²) in [4.78, 5) is 0.194. The first kappa shape index (κ1) is 16.2. The van der Waals surface area contributed by atoms with Gasteiger partial charge in [0, 0.05) is 13.1 Å². The van der Waals surface area contributed by atoms with Crippen LogP contribution in [0.4, 0.5) is 0 Å². The van der Waals surface area contributed by atoms with Crippen LogP contribution in [0.1, 0.15) is 11.3 Å². The maximum atomic E-state index is 12.5. The van der Waals surface area contributed by atoms with E-state index in [1.165, 1.54) is 16.6 Å². The Morgan fingerprint density at radius 1 is 1.13 bits per heavy atom. The Hall–Kier alpha value is -1.64. The average Bonchev–Trinajstić information content (AvgIpc) is 2.88. The molecule has 1 saturated heterocycles. The molecule has 1 aromatic carbocycles. The third-order valence-corrected chi connectivity index (χ3v) is 7.70. The first-order valence-electron chi connectivity index (χ1n) is 7.10. The van der Waals surface area contributed by atoms with Gasteiger partial charge < -0.3 is 4.42 Å². The molecule has 2 heterocycles. The Morgan fingerprint density at radius 3 is 2.48 bits per heavy atom. The highest BCUT2D eigenvalue weighted by molar-refractivity contribution is 7.92. The molecule has 0 N–H and O–H groups in total. The van der Waals surface area contributed by atoms with E-state index in [4.69, 9.17) is 4.42 Å². The first-order chi connectivity index (χ1) is 10.8. The van der Waals surface area contributed by atoms with Gasteiger partial charge in [-0.2, -0.15) is 4.31 Å². The highest BCUT2D eigenvalue weighted by atomic mass is 32.2. The molecule has 1 aliphatic heterocycles. The van der Waals surface area contributed by atoms with E-state index in [-0.39, 0.29) is 23.7 Å². The minimum absolute atomic E-state index is 0.0146. The van der Waals surface area contributed by atoms with Gasteiger partial charge in [-0.1, -0.05) is 12.1 Å². The molecule has 0 radical (unpaired) electrons. The van der Waals surface area contributed by atoms with Crippen molar-refractivity contribution >= 4 is 19.9 Å². The predicted octanol–water partition coefficient (Wildman–Crippen LogP) is 1.58. The zero-order valence-electron chi connectivity index (χ0n) is 12.5. The molecule has 23 heavy (non-hydrogen) atoms. The quantitative estimate of drug-likeness (QED) is 0.813. The fraction of sp³-hybridized carbons (Fsp3) is 0.333. The number of sulfone groups is 1. The smallest absolute Gasteiger partial charge is 0.243 e. The van der Waals surface area contributed by atoms with Gasteiger partial charge in [-0.15, -0.1) is 0 Å². The predicted molar refractivity (Wildman–Crippen MR) is 85.1 cm³/mol. The molecular weight excluding hydrogens is 338 g/mol. The van der Waals surface area contributed by atoms with Gasteiger partial charge in [0.2, 0.25) is 10.0 Å². The van der Waals surface area contributed by atoms with E-state index in [0.29, 0.717) is 5.76 Å². The van der Waals surface area contributed by atoms with E-state index in [1.807, 2.05) is 13.0 Å². The average molecular weight is 355 g/mol. The Bertz CT molecular complexity index is 895. The second-order valence-electron chi connectivity index (χ2n) is 5.65. The van der Waals surface area contributed by atoms with E-state index >= 15 is 0 Å². The van der Waals surface area contributed by atoms with E-state index in [2.05, 4.69) is 0 Å². The van der Waals surface area contributed by atoms with Crippen molar-refractivity contribution in [2.24, 2.45) is 0 Å². The summed E-state index contributed by atoms with van der Waals surface area (Å²) < 4.78 is 55.7. The van der Waals surface area contributed by atoms with E-state index in [9.17, 15) is 16.8 Å². The second-order valence-corrected chi connectivity index (χ2v) is 9.87. The van der Waals surface area contributed by atoms with Crippen molar-refractivity contribution in [1.82, 2.24) is 4.31 Å². The number of sulfonamides is 1. The molecule has 2 aromatic rings. The summed E-state index contributed by atoms with van der Waals surface area (Å²) in [5, 5.41) is -0.688. The number of benzene rings is 1. The van der Waals surface area contributed by atoms with E-state index in [0.717, 1.165) is 5.56 Å². The summed E-state index contributed by atoms with van der Waals surface area (Å²) in [5.41, 5.74) is 0.841. The van der Waals surface area contributed by atoms with Gasteiger partial charge in [0.15, 0.2) is 9.84 Å². The lowest BCUT2D eigenvalue weighted by Gasteiger charge is -2.37. The Labute approximate surface area is 135 Å². The molecule has 6 nitrogen and oxygen atoms in total. The van der Waals surface area contributed by atoms with Crippen LogP contribution in [0.15, 0.2) is 52.0 Å². The Kier molecular flexibility index (Phi) is 4.07. The molecule has 124 valence electrons. The summed E-state index contributed by atoms with van der Waals surface area (Å²) in [7, 11) is -7.06. The summed E-state index contributed by atoms with van der Waals surface area (Å²) in [6.07, 6.45) is 1.42. The van der Waals surface area contributed by atoms with Crippen LogP contribution >= 0.6 is 0 Å². The largest absolute Gasteiger partial charge is 0.468 e. The minimum Gasteiger partial charge on any atom is -0.468 e. The van der Waals surface area contributed by atoms with E-state index < -0.39 is 25.1 Å². The van der Waals surface area contributed by atoms with Gasteiger partial charge in [0.05, 0.1) is 16.4 Å². The molecule has 0 unspecified atom stereocenters. The molecule has 1 aliphatic rings. The molecule has 0 atom stereocenters. The summed E-state index contributed by atoms with van der Waals surface area (Å²) in [6, 6.07) is 9.81. The summed E-state index contributed by atoms with van der Waals surface area (Å²) in [6.45, 7) is 1.78. The zero-order chi connectivity index (χ0) is 16.7. The van der Waals surface area contributed by atoms with Crippen LogP contribution in [0.2, 0.25) is 0 Å². The van der Waals surface area contributed by atoms with Gasteiger partial charge in [-0.25, -0.2) is 16.8 Å². The molecule has 8 heteroatoms. The molecule has 3 rings (SSSR count). The van der Waals surface area contributed by atoms with Gasteiger partial charge in [0.1, 0.15) is 11.5 Å². The van der Waals surface area contributed by atoms with Crippen LogP contribution < -0.4 is 0 Å².